The number of pyridine rings is 1. The monoisotopic (exact) mass is 305 g/mol. The van der Waals surface area contributed by atoms with Crippen molar-refractivity contribution >= 4 is 22.7 Å². The molecule has 3 aromatic rings. The fourth-order valence-electron chi connectivity index (χ4n) is 3.25. The van der Waals surface area contributed by atoms with E-state index in [1.807, 2.05) is 0 Å². The second-order valence-corrected chi connectivity index (χ2v) is 5.52. The number of aromatic carboxylic acids is 1. The number of hydrogen-bond acceptors (Lipinski definition) is 3. The maximum Gasteiger partial charge on any atom is 0.337 e. The maximum atomic E-state index is 12.7. The van der Waals surface area contributed by atoms with Crippen LogP contribution in [0.4, 0.5) is 0 Å². The van der Waals surface area contributed by atoms with E-state index in [-0.39, 0.29) is 22.4 Å². The van der Waals surface area contributed by atoms with Crippen LogP contribution in [-0.4, -0.2) is 21.4 Å². The third-order valence-corrected chi connectivity index (χ3v) is 4.32. The Kier molecular flexibility index (Phi) is 2.57. The van der Waals surface area contributed by atoms with Crippen molar-refractivity contribution in [2.75, 3.05) is 0 Å². The molecule has 0 amide bonds. The number of carboxylic acids is 1. The number of aromatic nitrogens is 1. The van der Waals surface area contributed by atoms with Crippen molar-refractivity contribution < 1.29 is 14.7 Å². The minimum absolute atomic E-state index is 0.0115. The number of rotatable bonds is 1. The number of ketones is 1. The Bertz CT molecular complexity index is 1090. The highest BCUT2D eigenvalue weighted by atomic mass is 16.4. The fourth-order valence-corrected chi connectivity index (χ4v) is 3.25. The van der Waals surface area contributed by atoms with Crippen molar-refractivity contribution in [2.24, 2.45) is 7.05 Å². The molecule has 23 heavy (non-hydrogen) atoms. The van der Waals surface area contributed by atoms with Crippen LogP contribution in [0.15, 0.2) is 47.3 Å². The predicted octanol–water partition coefficient (Wildman–Crippen LogP) is 2.45. The van der Waals surface area contributed by atoms with Crippen molar-refractivity contribution in [2.45, 2.75) is 0 Å². The molecule has 0 fully saturated rings. The van der Waals surface area contributed by atoms with Gasteiger partial charge in [-0.15, -0.1) is 0 Å². The molecule has 1 aliphatic rings. The Morgan fingerprint density at radius 1 is 0.957 bits per heavy atom. The molecule has 1 N–H and O–H groups in total. The van der Waals surface area contributed by atoms with Gasteiger partial charge < -0.3 is 9.67 Å². The first-order chi connectivity index (χ1) is 11.0. The molecule has 0 radical (unpaired) electrons. The van der Waals surface area contributed by atoms with Crippen LogP contribution in [0.3, 0.4) is 0 Å². The topological polar surface area (TPSA) is 76.4 Å². The third kappa shape index (κ3) is 1.64. The van der Waals surface area contributed by atoms with Crippen LogP contribution in [0.5, 0.6) is 0 Å². The number of fused-ring (bicyclic) bond motifs is 2. The molecular weight excluding hydrogens is 294 g/mol. The van der Waals surface area contributed by atoms with Gasteiger partial charge in [0.05, 0.1) is 11.1 Å². The summed E-state index contributed by atoms with van der Waals surface area (Å²) >= 11 is 0. The third-order valence-electron chi connectivity index (χ3n) is 4.32. The van der Waals surface area contributed by atoms with Gasteiger partial charge in [0.2, 0.25) is 0 Å². The normalized spacial score (nSPS) is 12.3. The Morgan fingerprint density at radius 2 is 1.65 bits per heavy atom. The first kappa shape index (κ1) is 13.5. The van der Waals surface area contributed by atoms with Crippen LogP contribution in [-0.2, 0) is 7.05 Å². The molecule has 0 atom stereocenters. The van der Waals surface area contributed by atoms with Gasteiger partial charge in [0.25, 0.3) is 5.56 Å². The lowest BCUT2D eigenvalue weighted by molar-refractivity contribution is 0.0698. The summed E-state index contributed by atoms with van der Waals surface area (Å²) in [6.07, 6.45) is 0. The number of hydrogen-bond donors (Lipinski definition) is 1. The Morgan fingerprint density at radius 3 is 2.35 bits per heavy atom. The summed E-state index contributed by atoms with van der Waals surface area (Å²) in [6.45, 7) is 0. The number of benzene rings is 2. The molecule has 1 heterocycles. The largest absolute Gasteiger partial charge is 0.478 e. The summed E-state index contributed by atoms with van der Waals surface area (Å²) in [5.74, 6) is -1.29. The number of carbonyl (C=O) groups excluding carboxylic acids is 1. The van der Waals surface area contributed by atoms with E-state index in [1.165, 1.54) is 29.8 Å². The molecule has 2 aromatic carbocycles. The molecule has 1 aromatic heterocycles. The summed E-state index contributed by atoms with van der Waals surface area (Å²) in [7, 11) is 1.52. The van der Waals surface area contributed by atoms with Crippen molar-refractivity contribution in [1.82, 2.24) is 4.57 Å². The number of aryl methyl sites for hydroxylation is 1. The van der Waals surface area contributed by atoms with E-state index < -0.39 is 5.97 Å². The molecule has 4 rings (SSSR count). The summed E-state index contributed by atoms with van der Waals surface area (Å²) in [5.41, 5.74) is 2.20. The van der Waals surface area contributed by atoms with E-state index >= 15 is 0 Å². The fraction of sp³-hybridized carbons (Fsp3) is 0.0556. The van der Waals surface area contributed by atoms with Gasteiger partial charge in [-0.25, -0.2) is 4.79 Å². The van der Waals surface area contributed by atoms with Gasteiger partial charge in [-0.1, -0.05) is 24.3 Å². The van der Waals surface area contributed by atoms with Crippen LogP contribution in [0, 0.1) is 0 Å². The zero-order valence-electron chi connectivity index (χ0n) is 12.2. The number of nitrogens with zero attached hydrogens (tertiary/aromatic N) is 1. The summed E-state index contributed by atoms with van der Waals surface area (Å²) in [4.78, 5) is 36.6. The lowest BCUT2D eigenvalue weighted by Gasteiger charge is -2.21. The van der Waals surface area contributed by atoms with Crippen molar-refractivity contribution in [3.8, 4) is 11.1 Å². The molecule has 5 heteroatoms. The van der Waals surface area contributed by atoms with Crippen LogP contribution < -0.4 is 5.56 Å². The van der Waals surface area contributed by atoms with Gasteiger partial charge in [-0.3, -0.25) is 9.59 Å². The zero-order chi connectivity index (χ0) is 16.3. The second-order valence-electron chi connectivity index (χ2n) is 5.52. The van der Waals surface area contributed by atoms with Crippen LogP contribution in [0.25, 0.3) is 22.0 Å². The quantitative estimate of drug-likeness (QED) is 0.586. The first-order valence-corrected chi connectivity index (χ1v) is 7.05. The Hall–Kier alpha value is -3.21. The molecule has 0 saturated heterocycles. The van der Waals surface area contributed by atoms with Crippen molar-refractivity contribution in [3.05, 3.63) is 69.5 Å². The molecule has 112 valence electrons. The lowest BCUT2D eigenvalue weighted by Crippen LogP contribution is -2.22. The minimum Gasteiger partial charge on any atom is -0.478 e. The first-order valence-electron chi connectivity index (χ1n) is 7.05. The number of carboxylic acid groups (broad SMARTS) is 1. The molecular formula is C18H11NO4. The highest BCUT2D eigenvalue weighted by Crippen LogP contribution is 2.39. The maximum absolute atomic E-state index is 12.7. The van der Waals surface area contributed by atoms with E-state index in [2.05, 4.69) is 0 Å². The van der Waals surface area contributed by atoms with Crippen LogP contribution >= 0.6 is 0 Å². The summed E-state index contributed by atoms with van der Waals surface area (Å²) in [5, 5.41) is 9.96. The van der Waals surface area contributed by atoms with Gasteiger partial charge in [0, 0.05) is 29.6 Å². The molecule has 0 aliphatic heterocycles. The molecule has 5 nitrogen and oxygen atoms in total. The number of carbonyl (C=O) groups is 2. The van der Waals surface area contributed by atoms with Crippen molar-refractivity contribution in [1.29, 1.82) is 0 Å². The Balaban J connectivity index is 2.33. The van der Waals surface area contributed by atoms with Gasteiger partial charge >= 0.3 is 5.97 Å². The SMILES string of the molecule is Cn1c(=O)cc2c3c(ccc(C(=O)O)c31)C(=O)c1ccccc1-2. The average molecular weight is 305 g/mol. The minimum atomic E-state index is -1.13. The Labute approximate surface area is 130 Å². The lowest BCUT2D eigenvalue weighted by atomic mass is 9.83. The second kappa shape index (κ2) is 4.39. The highest BCUT2D eigenvalue weighted by molar-refractivity contribution is 6.26. The van der Waals surface area contributed by atoms with Gasteiger partial charge in [0.15, 0.2) is 5.78 Å². The van der Waals surface area contributed by atoms with Crippen LogP contribution in [0.1, 0.15) is 26.3 Å². The summed E-state index contributed by atoms with van der Waals surface area (Å²) in [6, 6.07) is 11.4. The summed E-state index contributed by atoms with van der Waals surface area (Å²) < 4.78 is 1.28. The van der Waals surface area contributed by atoms with Gasteiger partial charge in [0.1, 0.15) is 0 Å². The smallest absolute Gasteiger partial charge is 0.337 e. The standard InChI is InChI=1S/C18H11NO4/c1-19-14(20)8-13-9-4-2-3-5-10(9)17(21)11-6-7-12(18(22)23)16(19)15(11)13/h2-8H,1H3,(H,22,23). The zero-order valence-corrected chi connectivity index (χ0v) is 12.2. The van der Waals surface area contributed by atoms with E-state index in [0.29, 0.717) is 27.6 Å². The predicted molar refractivity (Wildman–Crippen MR) is 85.0 cm³/mol. The average Bonchev–Trinajstić information content (AvgIpc) is 2.55. The van der Waals surface area contributed by atoms with E-state index in [0.717, 1.165) is 0 Å². The van der Waals surface area contributed by atoms with Gasteiger partial charge in [-0.05, 0) is 23.3 Å². The van der Waals surface area contributed by atoms with Crippen molar-refractivity contribution in [3.63, 3.8) is 0 Å². The molecule has 0 saturated carbocycles. The van der Waals surface area contributed by atoms with E-state index in [4.69, 9.17) is 0 Å². The van der Waals surface area contributed by atoms with E-state index in [1.54, 1.807) is 24.3 Å². The molecule has 0 bridgehead atoms. The molecule has 1 aliphatic carbocycles. The molecule has 0 unspecified atom stereocenters. The molecule has 0 spiro atoms. The van der Waals surface area contributed by atoms with Gasteiger partial charge in [-0.2, -0.15) is 0 Å². The van der Waals surface area contributed by atoms with E-state index in [9.17, 15) is 19.5 Å². The highest BCUT2D eigenvalue weighted by Gasteiger charge is 2.28. The van der Waals surface area contributed by atoms with Crippen LogP contribution in [0.2, 0.25) is 0 Å².